The molecule has 0 unspecified atom stereocenters. The minimum atomic E-state index is -3.49. The van der Waals surface area contributed by atoms with E-state index >= 15 is 0 Å². The molecule has 6 nitrogen and oxygen atoms in total. The van der Waals surface area contributed by atoms with E-state index in [1.807, 2.05) is 24.3 Å². The molecule has 158 valence electrons. The molecule has 1 fully saturated rings. The Kier molecular flexibility index (Phi) is 10.6. The maximum atomic E-state index is 12.5. The summed E-state index contributed by atoms with van der Waals surface area (Å²) in [6, 6.07) is 9.01. The number of hydrogen-bond donors (Lipinski definition) is 2. The molecule has 2 rings (SSSR count). The minimum Gasteiger partial charge on any atom is -0.378 e. The molecule has 0 aliphatic carbocycles. The fourth-order valence-electron chi connectivity index (χ4n) is 3.24. The topological polar surface area (TPSA) is 70.7 Å². The highest BCUT2D eigenvalue weighted by Gasteiger charge is 2.28. The number of hydrogen-bond acceptors (Lipinski definition) is 4. The van der Waals surface area contributed by atoms with E-state index < -0.39 is 10.2 Å². The zero-order valence-electron chi connectivity index (χ0n) is 16.8. The number of anilines is 1. The molecule has 0 spiro atoms. The monoisotopic (exact) mass is 409 g/mol. The number of nitrogens with zero attached hydrogens (tertiary/aromatic N) is 1. The molecule has 1 aliphatic rings. The van der Waals surface area contributed by atoms with Gasteiger partial charge in [0.05, 0.1) is 6.10 Å². The first-order valence-corrected chi connectivity index (χ1v) is 11.8. The van der Waals surface area contributed by atoms with Gasteiger partial charge in [-0.05, 0) is 57.3 Å². The average molecular weight is 410 g/mol. The van der Waals surface area contributed by atoms with Crippen molar-refractivity contribution in [3.8, 4) is 0 Å². The van der Waals surface area contributed by atoms with Crippen LogP contribution in [0.4, 0.5) is 5.69 Å². The van der Waals surface area contributed by atoms with Gasteiger partial charge in [-0.25, -0.2) is 0 Å². The van der Waals surface area contributed by atoms with Crippen LogP contribution < -0.4 is 10.0 Å². The van der Waals surface area contributed by atoms with Crippen molar-refractivity contribution < 1.29 is 13.2 Å². The predicted octanol–water partition coefficient (Wildman–Crippen LogP) is 3.55. The largest absolute Gasteiger partial charge is 0.378 e. The third-order valence-electron chi connectivity index (χ3n) is 4.89. The normalized spacial score (nSPS) is 16.1. The molecule has 0 aromatic heterocycles. The maximum Gasteiger partial charge on any atom is 0.301 e. The molecule has 1 saturated heterocycles. The highest BCUT2D eigenvalue weighted by Crippen LogP contribution is 2.19. The highest BCUT2D eigenvalue weighted by molar-refractivity contribution is 7.90. The Hall–Kier alpha value is -1.41. The van der Waals surface area contributed by atoms with Crippen molar-refractivity contribution in [3.63, 3.8) is 0 Å². The number of piperidine rings is 1. The van der Waals surface area contributed by atoms with Gasteiger partial charge in [0.1, 0.15) is 0 Å². The van der Waals surface area contributed by atoms with Crippen molar-refractivity contribution >= 4 is 15.9 Å². The SMILES string of the molecule is C=CCCNCCCCCCOC1CCN(S(=O)(=O)Nc2ccccc2)CC1. The molecule has 1 aliphatic heterocycles. The van der Waals surface area contributed by atoms with E-state index in [2.05, 4.69) is 16.6 Å². The number of unbranched alkanes of at least 4 members (excludes halogenated alkanes) is 3. The van der Waals surface area contributed by atoms with E-state index in [0.29, 0.717) is 18.8 Å². The van der Waals surface area contributed by atoms with Crippen LogP contribution in [0, 0.1) is 0 Å². The Morgan fingerprint density at radius 2 is 1.79 bits per heavy atom. The molecule has 7 heteroatoms. The summed E-state index contributed by atoms with van der Waals surface area (Å²) in [5.41, 5.74) is 0.594. The summed E-state index contributed by atoms with van der Waals surface area (Å²) in [7, 11) is -3.49. The first kappa shape index (κ1) is 22.9. The van der Waals surface area contributed by atoms with E-state index in [-0.39, 0.29) is 6.10 Å². The van der Waals surface area contributed by atoms with E-state index in [9.17, 15) is 8.42 Å². The summed E-state index contributed by atoms with van der Waals surface area (Å²) in [6.07, 6.45) is 9.29. The molecule has 1 aromatic carbocycles. The quantitative estimate of drug-likeness (QED) is 0.364. The summed E-state index contributed by atoms with van der Waals surface area (Å²) in [5, 5.41) is 3.40. The fraction of sp³-hybridized carbons (Fsp3) is 0.619. The first-order chi connectivity index (χ1) is 13.6. The predicted molar refractivity (Wildman–Crippen MR) is 116 cm³/mol. The van der Waals surface area contributed by atoms with Gasteiger partial charge in [-0.1, -0.05) is 37.1 Å². The number of ether oxygens (including phenoxy) is 1. The molecular formula is C21H35N3O3S. The van der Waals surface area contributed by atoms with Gasteiger partial charge in [0.15, 0.2) is 0 Å². The van der Waals surface area contributed by atoms with Crippen molar-refractivity contribution in [1.29, 1.82) is 0 Å². The van der Waals surface area contributed by atoms with Crippen LogP contribution >= 0.6 is 0 Å². The lowest BCUT2D eigenvalue weighted by molar-refractivity contribution is 0.0193. The van der Waals surface area contributed by atoms with Crippen LogP contribution in [0.25, 0.3) is 0 Å². The number of para-hydroxylation sites is 1. The Morgan fingerprint density at radius 1 is 1.07 bits per heavy atom. The van der Waals surface area contributed by atoms with Crippen molar-refractivity contribution in [2.45, 2.75) is 51.0 Å². The molecule has 2 N–H and O–H groups in total. The van der Waals surface area contributed by atoms with Gasteiger partial charge in [0.2, 0.25) is 0 Å². The third kappa shape index (κ3) is 8.73. The lowest BCUT2D eigenvalue weighted by atomic mass is 10.1. The second kappa shape index (κ2) is 12.9. The summed E-state index contributed by atoms with van der Waals surface area (Å²) >= 11 is 0. The zero-order valence-corrected chi connectivity index (χ0v) is 17.6. The Labute approximate surface area is 170 Å². The molecule has 0 radical (unpaired) electrons. The van der Waals surface area contributed by atoms with E-state index in [1.54, 1.807) is 12.1 Å². The Bertz CT molecular complexity index is 644. The van der Waals surface area contributed by atoms with Crippen LogP contribution in [0.5, 0.6) is 0 Å². The molecule has 0 saturated carbocycles. The number of benzene rings is 1. The van der Waals surface area contributed by atoms with Crippen LogP contribution in [0.1, 0.15) is 44.9 Å². The lowest BCUT2D eigenvalue weighted by Gasteiger charge is -2.31. The second-order valence-corrected chi connectivity index (χ2v) is 8.85. The summed E-state index contributed by atoms with van der Waals surface area (Å²) in [6.45, 7) is 7.57. The van der Waals surface area contributed by atoms with Crippen LogP contribution in [0.3, 0.4) is 0 Å². The Morgan fingerprint density at radius 3 is 2.50 bits per heavy atom. The number of nitrogens with one attached hydrogen (secondary N) is 2. The molecular weight excluding hydrogens is 374 g/mol. The summed E-state index contributed by atoms with van der Waals surface area (Å²) in [4.78, 5) is 0. The number of rotatable bonds is 14. The Balaban J connectivity index is 1.53. The van der Waals surface area contributed by atoms with Gasteiger partial charge in [-0.3, -0.25) is 4.72 Å². The zero-order chi connectivity index (χ0) is 20.1. The lowest BCUT2D eigenvalue weighted by Crippen LogP contribution is -2.43. The van der Waals surface area contributed by atoms with Crippen molar-refractivity contribution in [2.75, 3.05) is 37.5 Å². The van der Waals surface area contributed by atoms with Crippen molar-refractivity contribution in [2.24, 2.45) is 0 Å². The van der Waals surface area contributed by atoms with Crippen molar-refractivity contribution in [1.82, 2.24) is 9.62 Å². The molecule has 1 heterocycles. The average Bonchev–Trinajstić information content (AvgIpc) is 2.70. The van der Waals surface area contributed by atoms with E-state index in [0.717, 1.165) is 45.4 Å². The standard InChI is InChI=1S/C21H35N3O3S/c1-2-3-15-22-16-9-4-5-10-19-27-21-13-17-24(18-14-21)28(25,26)23-20-11-7-6-8-12-20/h2,6-8,11-12,21-23H,1,3-5,9-10,13-19H2. The van der Waals surface area contributed by atoms with Gasteiger partial charge in [0.25, 0.3) is 0 Å². The van der Waals surface area contributed by atoms with Gasteiger partial charge in [-0.15, -0.1) is 6.58 Å². The highest BCUT2D eigenvalue weighted by atomic mass is 32.2. The van der Waals surface area contributed by atoms with Gasteiger partial charge >= 0.3 is 10.2 Å². The summed E-state index contributed by atoms with van der Waals surface area (Å²) in [5.74, 6) is 0. The van der Waals surface area contributed by atoms with Crippen LogP contribution in [-0.4, -0.2) is 51.6 Å². The third-order valence-corrected chi connectivity index (χ3v) is 6.43. The van der Waals surface area contributed by atoms with Gasteiger partial charge in [-0.2, -0.15) is 12.7 Å². The summed E-state index contributed by atoms with van der Waals surface area (Å²) < 4.78 is 35.0. The molecule has 0 amide bonds. The van der Waals surface area contributed by atoms with Gasteiger partial charge < -0.3 is 10.1 Å². The van der Waals surface area contributed by atoms with E-state index in [4.69, 9.17) is 4.74 Å². The van der Waals surface area contributed by atoms with Gasteiger partial charge in [0, 0.05) is 25.4 Å². The van der Waals surface area contributed by atoms with Crippen molar-refractivity contribution in [3.05, 3.63) is 43.0 Å². The van der Waals surface area contributed by atoms with Crippen LogP contribution in [-0.2, 0) is 14.9 Å². The molecule has 28 heavy (non-hydrogen) atoms. The first-order valence-electron chi connectivity index (χ1n) is 10.4. The van der Waals surface area contributed by atoms with Crippen LogP contribution in [0.2, 0.25) is 0 Å². The fourth-order valence-corrected chi connectivity index (χ4v) is 4.50. The maximum absolute atomic E-state index is 12.5. The molecule has 1 aromatic rings. The molecule has 0 atom stereocenters. The second-order valence-electron chi connectivity index (χ2n) is 7.18. The van der Waals surface area contributed by atoms with E-state index in [1.165, 1.54) is 23.6 Å². The van der Waals surface area contributed by atoms with Crippen LogP contribution in [0.15, 0.2) is 43.0 Å². The molecule has 0 bridgehead atoms. The minimum absolute atomic E-state index is 0.170. The smallest absolute Gasteiger partial charge is 0.301 e.